The quantitative estimate of drug-likeness (QED) is 0.197. The molecule has 5 heteroatoms. The summed E-state index contributed by atoms with van der Waals surface area (Å²) in [5.41, 5.74) is 8.10. The number of hydrogen-bond acceptors (Lipinski definition) is 5. The summed E-state index contributed by atoms with van der Waals surface area (Å²) in [6, 6.07) is 51.6. The molecule has 48 heavy (non-hydrogen) atoms. The number of rotatable bonds is 4. The van der Waals surface area contributed by atoms with Gasteiger partial charge in [-0.15, -0.1) is 0 Å². The topological polar surface area (TPSA) is 65.0 Å². The van der Waals surface area contributed by atoms with Crippen molar-refractivity contribution in [1.82, 2.24) is 15.0 Å². The maximum absolute atomic E-state index is 6.66. The van der Waals surface area contributed by atoms with Gasteiger partial charge in [0.05, 0.1) is 0 Å². The third-order valence-corrected chi connectivity index (χ3v) is 9.13. The van der Waals surface area contributed by atoms with E-state index in [1.54, 1.807) is 0 Å². The Morgan fingerprint density at radius 3 is 1.83 bits per heavy atom. The SMILES string of the molecule is c1ccc(-c2nc(-c3ccc4ccccc4c3)nc(-c3ccc(-c4ccc5oc6ccccc6c5c4)c4oc5ccccc5c34)n2)cc1. The minimum Gasteiger partial charge on any atom is -0.456 e. The molecule has 0 fully saturated rings. The molecule has 0 bridgehead atoms. The first-order valence-electron chi connectivity index (χ1n) is 15.9. The number of aromatic nitrogens is 3. The molecule has 0 aliphatic carbocycles. The van der Waals surface area contributed by atoms with Crippen LogP contribution in [0.15, 0.2) is 160 Å². The molecule has 3 heterocycles. The van der Waals surface area contributed by atoms with Gasteiger partial charge in [0.15, 0.2) is 17.5 Å². The third kappa shape index (κ3) is 4.22. The zero-order chi connectivity index (χ0) is 31.6. The lowest BCUT2D eigenvalue weighted by Crippen LogP contribution is -2.00. The molecule has 0 amide bonds. The summed E-state index contributed by atoms with van der Waals surface area (Å²) in [5, 5.41) is 6.44. The molecule has 3 aromatic heterocycles. The van der Waals surface area contributed by atoms with Crippen LogP contribution in [0.3, 0.4) is 0 Å². The van der Waals surface area contributed by atoms with Gasteiger partial charge in [0, 0.05) is 43.8 Å². The van der Waals surface area contributed by atoms with Crippen LogP contribution >= 0.6 is 0 Å². The molecule has 0 saturated heterocycles. The van der Waals surface area contributed by atoms with Crippen LogP contribution in [-0.4, -0.2) is 15.0 Å². The van der Waals surface area contributed by atoms with Gasteiger partial charge in [0.25, 0.3) is 0 Å². The summed E-state index contributed by atoms with van der Waals surface area (Å²) in [6.45, 7) is 0. The largest absolute Gasteiger partial charge is 0.456 e. The second-order valence-electron chi connectivity index (χ2n) is 12.0. The molecule has 0 aliphatic rings. The predicted molar refractivity (Wildman–Crippen MR) is 194 cm³/mol. The molecule has 0 unspecified atom stereocenters. The van der Waals surface area contributed by atoms with Gasteiger partial charge >= 0.3 is 0 Å². The van der Waals surface area contributed by atoms with E-state index in [-0.39, 0.29) is 0 Å². The van der Waals surface area contributed by atoms with Gasteiger partial charge in [-0.2, -0.15) is 0 Å². The third-order valence-electron chi connectivity index (χ3n) is 9.13. The summed E-state index contributed by atoms with van der Waals surface area (Å²) in [5.74, 6) is 1.82. The number of furan rings is 2. The Labute approximate surface area is 274 Å². The van der Waals surface area contributed by atoms with Crippen LogP contribution in [-0.2, 0) is 0 Å². The highest BCUT2D eigenvalue weighted by molar-refractivity contribution is 6.16. The summed E-state index contributed by atoms with van der Waals surface area (Å²) < 4.78 is 12.8. The molecule has 10 aromatic rings. The molecule has 0 aliphatic heterocycles. The Morgan fingerprint density at radius 2 is 0.979 bits per heavy atom. The van der Waals surface area contributed by atoms with E-state index in [0.717, 1.165) is 77.1 Å². The molecule has 10 rings (SSSR count). The molecule has 0 atom stereocenters. The first-order chi connectivity index (χ1) is 23.8. The van der Waals surface area contributed by atoms with Gasteiger partial charge in [-0.25, -0.2) is 15.0 Å². The molecule has 0 radical (unpaired) electrons. The Morgan fingerprint density at radius 1 is 0.354 bits per heavy atom. The van der Waals surface area contributed by atoms with Gasteiger partial charge in [-0.1, -0.05) is 109 Å². The van der Waals surface area contributed by atoms with Crippen LogP contribution < -0.4 is 0 Å². The maximum Gasteiger partial charge on any atom is 0.164 e. The fourth-order valence-corrected chi connectivity index (χ4v) is 6.81. The number of nitrogens with zero attached hydrogens (tertiary/aromatic N) is 3. The summed E-state index contributed by atoms with van der Waals surface area (Å²) >= 11 is 0. The lowest BCUT2D eigenvalue weighted by atomic mass is 9.97. The van der Waals surface area contributed by atoms with E-state index in [1.807, 2.05) is 72.8 Å². The molecule has 0 saturated carbocycles. The van der Waals surface area contributed by atoms with E-state index < -0.39 is 0 Å². The van der Waals surface area contributed by atoms with Crippen molar-refractivity contribution in [3.05, 3.63) is 152 Å². The van der Waals surface area contributed by atoms with Crippen molar-refractivity contribution in [1.29, 1.82) is 0 Å². The Kier molecular flexibility index (Phi) is 5.81. The van der Waals surface area contributed by atoms with E-state index >= 15 is 0 Å². The highest BCUT2D eigenvalue weighted by atomic mass is 16.3. The van der Waals surface area contributed by atoms with Gasteiger partial charge < -0.3 is 8.83 Å². The van der Waals surface area contributed by atoms with E-state index in [9.17, 15) is 0 Å². The number of benzene rings is 7. The van der Waals surface area contributed by atoms with Gasteiger partial charge in [-0.3, -0.25) is 0 Å². The van der Waals surface area contributed by atoms with Crippen LogP contribution in [0.5, 0.6) is 0 Å². The molecule has 0 N–H and O–H groups in total. The minimum absolute atomic E-state index is 0.589. The second kappa shape index (κ2) is 10.5. The first kappa shape index (κ1) is 26.6. The number of fused-ring (bicyclic) bond motifs is 7. The van der Waals surface area contributed by atoms with E-state index in [0.29, 0.717) is 17.5 Å². The summed E-state index contributed by atoms with van der Waals surface area (Å²) in [4.78, 5) is 15.2. The number of hydrogen-bond donors (Lipinski definition) is 0. The standard InChI is InChI=1S/C43H25N3O2/c1-2-11-27(12-3-1)41-44-42(30-19-18-26-10-4-5-13-28(26)24-30)46-43(45-41)34-22-21-31(40-39(34)33-15-7-9-17-37(33)48-40)29-20-23-38-35(25-29)32-14-6-8-16-36(32)47-38/h1-25H. The van der Waals surface area contributed by atoms with Crippen LogP contribution in [0.4, 0.5) is 0 Å². The zero-order valence-electron chi connectivity index (χ0n) is 25.6. The van der Waals surface area contributed by atoms with E-state index in [4.69, 9.17) is 23.8 Å². The van der Waals surface area contributed by atoms with Crippen molar-refractivity contribution in [2.24, 2.45) is 0 Å². The van der Waals surface area contributed by atoms with Crippen molar-refractivity contribution in [3.63, 3.8) is 0 Å². The summed E-state index contributed by atoms with van der Waals surface area (Å²) in [7, 11) is 0. The molecule has 0 spiro atoms. The fraction of sp³-hybridized carbons (Fsp3) is 0. The van der Waals surface area contributed by atoms with E-state index in [2.05, 4.69) is 78.9 Å². The summed E-state index contributed by atoms with van der Waals surface area (Å²) in [6.07, 6.45) is 0. The average Bonchev–Trinajstić information content (AvgIpc) is 3.73. The smallest absolute Gasteiger partial charge is 0.164 e. The van der Waals surface area contributed by atoms with Gasteiger partial charge in [0.1, 0.15) is 22.3 Å². The van der Waals surface area contributed by atoms with Gasteiger partial charge in [0.2, 0.25) is 0 Å². The lowest BCUT2D eigenvalue weighted by Gasteiger charge is -2.11. The van der Waals surface area contributed by atoms with Crippen molar-refractivity contribution in [3.8, 4) is 45.3 Å². The Balaban J connectivity index is 1.23. The monoisotopic (exact) mass is 615 g/mol. The molecule has 224 valence electrons. The highest BCUT2D eigenvalue weighted by Gasteiger charge is 2.21. The number of para-hydroxylation sites is 2. The highest BCUT2D eigenvalue weighted by Crippen LogP contribution is 2.42. The lowest BCUT2D eigenvalue weighted by molar-refractivity contribution is 0.668. The van der Waals surface area contributed by atoms with Crippen LogP contribution in [0, 0.1) is 0 Å². The van der Waals surface area contributed by atoms with Crippen LogP contribution in [0.2, 0.25) is 0 Å². The minimum atomic E-state index is 0.589. The Bertz CT molecular complexity index is 2850. The van der Waals surface area contributed by atoms with E-state index in [1.165, 1.54) is 5.39 Å². The maximum atomic E-state index is 6.66. The zero-order valence-corrected chi connectivity index (χ0v) is 25.6. The van der Waals surface area contributed by atoms with Gasteiger partial charge in [-0.05, 0) is 58.8 Å². The van der Waals surface area contributed by atoms with Crippen LogP contribution in [0.1, 0.15) is 0 Å². The van der Waals surface area contributed by atoms with Crippen molar-refractivity contribution < 1.29 is 8.83 Å². The first-order valence-corrected chi connectivity index (χ1v) is 15.9. The molecule has 7 aromatic carbocycles. The Hall–Kier alpha value is -6.59. The van der Waals surface area contributed by atoms with Crippen LogP contribution in [0.25, 0.3) is 99.9 Å². The van der Waals surface area contributed by atoms with Crippen molar-refractivity contribution >= 4 is 54.6 Å². The molecule has 5 nitrogen and oxygen atoms in total. The second-order valence-corrected chi connectivity index (χ2v) is 12.0. The van der Waals surface area contributed by atoms with Crippen molar-refractivity contribution in [2.75, 3.05) is 0 Å². The molecular weight excluding hydrogens is 590 g/mol. The predicted octanol–water partition coefficient (Wildman–Crippen LogP) is 11.5. The van der Waals surface area contributed by atoms with Crippen molar-refractivity contribution in [2.45, 2.75) is 0 Å². The average molecular weight is 616 g/mol. The fourth-order valence-electron chi connectivity index (χ4n) is 6.81. The molecular formula is C43H25N3O2. The normalized spacial score (nSPS) is 11.8.